The third-order valence-electron chi connectivity index (χ3n) is 3.01. The first-order chi connectivity index (χ1) is 8.13. The van der Waals surface area contributed by atoms with Crippen LogP contribution in [0.1, 0.15) is 19.3 Å². The van der Waals surface area contributed by atoms with E-state index in [-0.39, 0.29) is 18.6 Å². The number of piperidine rings is 1. The number of likely N-dealkylation sites (tertiary alicyclic amines) is 1. The zero-order valence-corrected chi connectivity index (χ0v) is 11.0. The van der Waals surface area contributed by atoms with Gasteiger partial charge in [0.05, 0.1) is 12.6 Å². The van der Waals surface area contributed by atoms with E-state index in [1.807, 2.05) is 4.90 Å². The maximum Gasteiger partial charge on any atom is 0.236 e. The van der Waals surface area contributed by atoms with Crippen molar-refractivity contribution in [2.75, 3.05) is 46.9 Å². The summed E-state index contributed by atoms with van der Waals surface area (Å²) in [6, 6.07) is 0. The molecular weight excluding hydrogens is 218 g/mol. The molecule has 100 valence electrons. The van der Waals surface area contributed by atoms with E-state index in [1.54, 1.807) is 0 Å². The van der Waals surface area contributed by atoms with Gasteiger partial charge >= 0.3 is 0 Å². The molecule has 0 bridgehead atoms. The average molecular weight is 243 g/mol. The van der Waals surface area contributed by atoms with Gasteiger partial charge in [0.25, 0.3) is 0 Å². The number of nitrogens with zero attached hydrogens (tertiary/aromatic N) is 2. The van der Waals surface area contributed by atoms with Gasteiger partial charge in [-0.3, -0.25) is 4.79 Å². The number of ether oxygens (including phenoxy) is 1. The first-order valence-electron chi connectivity index (χ1n) is 6.37. The summed E-state index contributed by atoms with van der Waals surface area (Å²) in [6.45, 7) is 3.45. The first-order valence-corrected chi connectivity index (χ1v) is 6.37. The van der Waals surface area contributed by atoms with Crippen molar-refractivity contribution in [3.63, 3.8) is 0 Å². The molecule has 1 atom stereocenters. The van der Waals surface area contributed by atoms with Crippen LogP contribution in [0.25, 0.3) is 0 Å². The Labute approximate surface area is 104 Å². The molecule has 5 heteroatoms. The van der Waals surface area contributed by atoms with Crippen molar-refractivity contribution >= 4 is 5.91 Å². The Morgan fingerprint density at radius 3 is 2.94 bits per heavy atom. The summed E-state index contributed by atoms with van der Waals surface area (Å²) in [5, 5.41) is 0. The van der Waals surface area contributed by atoms with E-state index in [4.69, 9.17) is 10.5 Å². The quantitative estimate of drug-likeness (QED) is 0.662. The predicted molar refractivity (Wildman–Crippen MR) is 67.8 cm³/mol. The SMILES string of the molecule is CN(C)CCCOC1CCCN(C(=O)CN)C1. The van der Waals surface area contributed by atoms with Crippen LogP contribution in [0.5, 0.6) is 0 Å². The second-order valence-electron chi connectivity index (χ2n) is 4.84. The minimum absolute atomic E-state index is 0.0339. The molecule has 1 rings (SSSR count). The number of rotatable bonds is 6. The van der Waals surface area contributed by atoms with Crippen molar-refractivity contribution in [3.8, 4) is 0 Å². The van der Waals surface area contributed by atoms with Gasteiger partial charge in [0.15, 0.2) is 0 Å². The zero-order valence-electron chi connectivity index (χ0n) is 11.0. The lowest BCUT2D eigenvalue weighted by atomic mass is 10.1. The van der Waals surface area contributed by atoms with Crippen LogP contribution in [0.4, 0.5) is 0 Å². The van der Waals surface area contributed by atoms with E-state index >= 15 is 0 Å². The topological polar surface area (TPSA) is 58.8 Å². The van der Waals surface area contributed by atoms with Crippen molar-refractivity contribution < 1.29 is 9.53 Å². The minimum Gasteiger partial charge on any atom is -0.376 e. The van der Waals surface area contributed by atoms with E-state index in [9.17, 15) is 4.79 Å². The van der Waals surface area contributed by atoms with Crippen LogP contribution in [0.15, 0.2) is 0 Å². The largest absolute Gasteiger partial charge is 0.376 e. The highest BCUT2D eigenvalue weighted by Gasteiger charge is 2.22. The highest BCUT2D eigenvalue weighted by Crippen LogP contribution is 2.13. The number of hydrogen-bond acceptors (Lipinski definition) is 4. The maximum absolute atomic E-state index is 11.5. The zero-order chi connectivity index (χ0) is 12.7. The molecule has 1 unspecified atom stereocenters. The average Bonchev–Trinajstić information content (AvgIpc) is 2.34. The summed E-state index contributed by atoms with van der Waals surface area (Å²) < 4.78 is 5.80. The van der Waals surface area contributed by atoms with Gasteiger partial charge in [-0.1, -0.05) is 0 Å². The molecule has 5 nitrogen and oxygen atoms in total. The van der Waals surface area contributed by atoms with Gasteiger partial charge in [0, 0.05) is 19.7 Å². The molecule has 1 amide bonds. The van der Waals surface area contributed by atoms with Gasteiger partial charge < -0.3 is 20.3 Å². The molecule has 0 radical (unpaired) electrons. The molecule has 1 heterocycles. The molecule has 1 fully saturated rings. The van der Waals surface area contributed by atoms with Gasteiger partial charge in [-0.2, -0.15) is 0 Å². The van der Waals surface area contributed by atoms with Crippen LogP contribution in [0.2, 0.25) is 0 Å². The lowest BCUT2D eigenvalue weighted by Crippen LogP contribution is -2.45. The van der Waals surface area contributed by atoms with E-state index in [0.29, 0.717) is 6.54 Å². The molecule has 0 saturated carbocycles. The summed E-state index contributed by atoms with van der Waals surface area (Å²) in [5.41, 5.74) is 5.37. The van der Waals surface area contributed by atoms with E-state index in [1.165, 1.54) is 0 Å². The molecule has 1 aliphatic heterocycles. The molecule has 0 aromatic rings. The van der Waals surface area contributed by atoms with Crippen LogP contribution in [0, 0.1) is 0 Å². The van der Waals surface area contributed by atoms with Crippen LogP contribution in [0.3, 0.4) is 0 Å². The molecule has 1 saturated heterocycles. The molecule has 2 N–H and O–H groups in total. The van der Waals surface area contributed by atoms with Crippen molar-refractivity contribution in [3.05, 3.63) is 0 Å². The van der Waals surface area contributed by atoms with Gasteiger partial charge in [-0.15, -0.1) is 0 Å². The number of hydrogen-bond donors (Lipinski definition) is 1. The molecule has 0 spiro atoms. The third kappa shape index (κ3) is 5.48. The first kappa shape index (κ1) is 14.4. The summed E-state index contributed by atoms with van der Waals surface area (Å²) in [4.78, 5) is 15.4. The third-order valence-corrected chi connectivity index (χ3v) is 3.01. The number of amides is 1. The van der Waals surface area contributed by atoms with Gasteiger partial charge in [-0.25, -0.2) is 0 Å². The molecule has 0 aromatic heterocycles. The second kappa shape index (κ2) is 7.63. The van der Waals surface area contributed by atoms with Crippen molar-refractivity contribution in [2.45, 2.75) is 25.4 Å². The summed E-state index contributed by atoms with van der Waals surface area (Å²) in [5.74, 6) is 0.0339. The lowest BCUT2D eigenvalue weighted by molar-refractivity contribution is -0.133. The van der Waals surface area contributed by atoms with E-state index < -0.39 is 0 Å². The Kier molecular flexibility index (Phi) is 6.47. The highest BCUT2D eigenvalue weighted by atomic mass is 16.5. The predicted octanol–water partition coefficient (Wildman–Crippen LogP) is -0.0956. The second-order valence-corrected chi connectivity index (χ2v) is 4.84. The Balaban J connectivity index is 2.18. The fourth-order valence-corrected chi connectivity index (χ4v) is 2.06. The van der Waals surface area contributed by atoms with Crippen LogP contribution in [-0.4, -0.2) is 68.7 Å². The van der Waals surface area contributed by atoms with Crippen molar-refractivity contribution in [1.29, 1.82) is 0 Å². The monoisotopic (exact) mass is 243 g/mol. The molecule has 0 aromatic carbocycles. The van der Waals surface area contributed by atoms with E-state index in [0.717, 1.165) is 39.0 Å². The molecule has 1 aliphatic rings. The summed E-state index contributed by atoms with van der Waals surface area (Å²) >= 11 is 0. The Morgan fingerprint density at radius 1 is 1.53 bits per heavy atom. The molecule has 17 heavy (non-hydrogen) atoms. The maximum atomic E-state index is 11.5. The number of carbonyl (C=O) groups excluding carboxylic acids is 1. The van der Waals surface area contributed by atoms with Gasteiger partial charge in [0.1, 0.15) is 0 Å². The van der Waals surface area contributed by atoms with E-state index in [2.05, 4.69) is 19.0 Å². The van der Waals surface area contributed by atoms with Crippen molar-refractivity contribution in [2.24, 2.45) is 5.73 Å². The van der Waals surface area contributed by atoms with Crippen LogP contribution in [-0.2, 0) is 9.53 Å². The number of carbonyl (C=O) groups is 1. The normalized spacial score (nSPS) is 20.9. The molecular formula is C12H25N3O2. The van der Waals surface area contributed by atoms with Crippen molar-refractivity contribution in [1.82, 2.24) is 9.80 Å². The van der Waals surface area contributed by atoms with Gasteiger partial charge in [-0.05, 0) is 39.9 Å². The standard InChI is InChI=1S/C12H25N3O2/c1-14(2)6-4-8-17-11-5-3-7-15(10-11)12(16)9-13/h11H,3-10,13H2,1-2H3. The lowest BCUT2D eigenvalue weighted by Gasteiger charge is -2.32. The highest BCUT2D eigenvalue weighted by molar-refractivity contribution is 5.78. The fraction of sp³-hybridized carbons (Fsp3) is 0.917. The van der Waals surface area contributed by atoms with Crippen LogP contribution >= 0.6 is 0 Å². The van der Waals surface area contributed by atoms with Crippen LogP contribution < -0.4 is 5.73 Å². The fourth-order valence-electron chi connectivity index (χ4n) is 2.06. The molecule has 0 aliphatic carbocycles. The Morgan fingerprint density at radius 2 is 2.29 bits per heavy atom. The van der Waals surface area contributed by atoms with Gasteiger partial charge in [0.2, 0.25) is 5.91 Å². The Bertz CT molecular complexity index is 234. The summed E-state index contributed by atoms with van der Waals surface area (Å²) in [7, 11) is 4.12. The Hall–Kier alpha value is -0.650. The summed E-state index contributed by atoms with van der Waals surface area (Å²) in [6.07, 6.45) is 3.30. The minimum atomic E-state index is 0.0339. The number of nitrogens with two attached hydrogens (primary N) is 1. The smallest absolute Gasteiger partial charge is 0.236 e.